The molecule has 6 rings (SSSR count). The molecular weight excluding hydrogens is 604 g/mol. The van der Waals surface area contributed by atoms with Crippen molar-refractivity contribution in [2.24, 2.45) is 4.99 Å². The molecule has 2 heterocycles. The number of rotatable bonds is 9. The van der Waals surface area contributed by atoms with Crippen molar-refractivity contribution in [3.63, 3.8) is 0 Å². The smallest absolute Gasteiger partial charge is 0.271 e. The van der Waals surface area contributed by atoms with Gasteiger partial charge in [-0.15, -0.1) is 0 Å². The zero-order valence-corrected chi connectivity index (χ0v) is 25.7. The van der Waals surface area contributed by atoms with Crippen molar-refractivity contribution >= 4 is 34.7 Å². The van der Waals surface area contributed by atoms with E-state index in [9.17, 15) is 19.7 Å². The van der Waals surface area contributed by atoms with Gasteiger partial charge in [-0.1, -0.05) is 53.8 Å². The predicted octanol–water partition coefficient (Wildman–Crippen LogP) is 5.37. The summed E-state index contributed by atoms with van der Waals surface area (Å²) in [5.41, 5.74) is 3.57. The number of thiazole rings is 1. The molecule has 4 aromatic carbocycles. The fourth-order valence-corrected chi connectivity index (χ4v) is 6.20. The van der Waals surface area contributed by atoms with E-state index in [1.54, 1.807) is 61.1 Å². The highest BCUT2D eigenvalue weighted by atomic mass is 32.1. The Kier molecular flexibility index (Phi) is 8.57. The number of para-hydroxylation sites is 1. The molecule has 0 bridgehead atoms. The number of fused-ring (bicyclic) bond motifs is 1. The van der Waals surface area contributed by atoms with Crippen LogP contribution in [0.25, 0.3) is 6.08 Å². The van der Waals surface area contributed by atoms with E-state index in [1.165, 1.54) is 23.5 Å². The van der Waals surface area contributed by atoms with Gasteiger partial charge in [-0.2, -0.15) is 0 Å². The Morgan fingerprint density at radius 2 is 1.74 bits per heavy atom. The minimum atomic E-state index is -0.729. The first-order valence-corrected chi connectivity index (χ1v) is 15.1. The topological polar surface area (TPSA) is 125 Å². The molecule has 0 fully saturated rings. The number of ether oxygens (including phenoxy) is 2. The summed E-state index contributed by atoms with van der Waals surface area (Å²) in [5, 5.41) is 13.8. The van der Waals surface area contributed by atoms with E-state index < -0.39 is 11.0 Å². The number of anilines is 1. The number of hydrogen-bond donors (Lipinski definition) is 1. The molecule has 230 valence electrons. The van der Waals surface area contributed by atoms with Gasteiger partial charge < -0.3 is 14.8 Å². The molecule has 1 amide bonds. The Balaban J connectivity index is 1.31. The van der Waals surface area contributed by atoms with Gasteiger partial charge in [0.05, 0.1) is 33.9 Å². The molecule has 46 heavy (non-hydrogen) atoms. The van der Waals surface area contributed by atoms with Crippen molar-refractivity contribution in [2.75, 3.05) is 12.4 Å². The van der Waals surface area contributed by atoms with E-state index in [2.05, 4.69) is 5.32 Å². The number of amides is 1. The number of nitrogens with one attached hydrogen (secondary N) is 1. The molecule has 0 aliphatic carbocycles. The van der Waals surface area contributed by atoms with E-state index in [0.717, 1.165) is 11.1 Å². The molecule has 5 aromatic rings. The third kappa shape index (κ3) is 6.35. The molecule has 10 nitrogen and oxygen atoms in total. The largest absolute Gasteiger partial charge is 0.497 e. The molecule has 0 saturated heterocycles. The summed E-state index contributed by atoms with van der Waals surface area (Å²) in [6.07, 6.45) is 1.79. The maximum Gasteiger partial charge on any atom is 0.271 e. The molecule has 1 aliphatic rings. The lowest BCUT2D eigenvalue weighted by Gasteiger charge is -2.25. The van der Waals surface area contributed by atoms with Gasteiger partial charge in [0.2, 0.25) is 0 Å². The number of aromatic nitrogens is 1. The van der Waals surface area contributed by atoms with E-state index >= 15 is 0 Å². The number of nitro benzene ring substituents is 1. The Bertz CT molecular complexity index is 2140. The number of nitrogens with zero attached hydrogens (tertiary/aromatic N) is 3. The molecule has 0 saturated carbocycles. The standard InChI is InChI=1S/C35H28N4O6S/c1-22-31(33(40)37-26-8-4-3-5-9-26)32(25-7-6-10-29(20-25)44-2)38-34(41)30(46-35(38)36-22)19-23-13-17-28(18-14-23)45-21-24-11-15-27(16-12-24)39(42)43/h3-20,32H,21H2,1-2H3,(H,37,40)/b30-19-/t32-/m0/s1. The van der Waals surface area contributed by atoms with E-state index in [-0.39, 0.29) is 23.8 Å². The first-order chi connectivity index (χ1) is 22.3. The lowest BCUT2D eigenvalue weighted by atomic mass is 9.95. The maximum atomic E-state index is 14.0. The molecule has 11 heteroatoms. The number of allylic oxidation sites excluding steroid dienone is 1. The van der Waals surface area contributed by atoms with Gasteiger partial charge in [0.25, 0.3) is 17.2 Å². The van der Waals surface area contributed by atoms with Crippen molar-refractivity contribution < 1.29 is 19.2 Å². The second kappa shape index (κ2) is 13.0. The van der Waals surface area contributed by atoms with Crippen LogP contribution in [0.3, 0.4) is 0 Å². The van der Waals surface area contributed by atoms with Crippen molar-refractivity contribution in [3.05, 3.63) is 161 Å². The van der Waals surface area contributed by atoms with Gasteiger partial charge >= 0.3 is 0 Å². The normalized spacial score (nSPS) is 14.3. The molecular formula is C35H28N4O6S. The number of carbonyl (C=O) groups is 1. The summed E-state index contributed by atoms with van der Waals surface area (Å²) in [6, 6.07) is 29.2. The van der Waals surface area contributed by atoms with Crippen LogP contribution in [-0.4, -0.2) is 22.5 Å². The molecule has 1 aromatic heterocycles. The van der Waals surface area contributed by atoms with Crippen LogP contribution in [0, 0.1) is 10.1 Å². The van der Waals surface area contributed by atoms with Crippen LogP contribution in [0.2, 0.25) is 0 Å². The quantitative estimate of drug-likeness (QED) is 0.172. The minimum Gasteiger partial charge on any atom is -0.497 e. The number of hydrogen-bond acceptors (Lipinski definition) is 8. The van der Waals surface area contributed by atoms with Crippen LogP contribution in [0.4, 0.5) is 11.4 Å². The summed E-state index contributed by atoms with van der Waals surface area (Å²) in [6.45, 7) is 2.03. The molecule has 0 spiro atoms. The third-order valence-corrected chi connectivity index (χ3v) is 8.42. The summed E-state index contributed by atoms with van der Waals surface area (Å²) in [4.78, 5) is 43.4. The fourth-order valence-electron chi connectivity index (χ4n) is 5.15. The second-order valence-electron chi connectivity index (χ2n) is 10.5. The number of non-ortho nitro benzene ring substituents is 1. The average molecular weight is 633 g/mol. The van der Waals surface area contributed by atoms with Gasteiger partial charge in [-0.25, -0.2) is 4.99 Å². The summed E-state index contributed by atoms with van der Waals surface area (Å²) >= 11 is 1.25. The van der Waals surface area contributed by atoms with Gasteiger partial charge in [-0.3, -0.25) is 24.3 Å². The van der Waals surface area contributed by atoms with E-state index in [4.69, 9.17) is 14.5 Å². The summed E-state index contributed by atoms with van der Waals surface area (Å²) in [7, 11) is 1.57. The molecule has 1 N–H and O–H groups in total. The molecule has 0 radical (unpaired) electrons. The third-order valence-electron chi connectivity index (χ3n) is 7.44. The Morgan fingerprint density at radius 3 is 2.43 bits per heavy atom. The lowest BCUT2D eigenvalue weighted by molar-refractivity contribution is -0.384. The average Bonchev–Trinajstić information content (AvgIpc) is 3.37. The monoisotopic (exact) mass is 632 g/mol. The van der Waals surface area contributed by atoms with E-state index in [1.807, 2.05) is 54.6 Å². The fraction of sp³-hybridized carbons (Fsp3) is 0.114. The Hall–Kier alpha value is -5.81. The molecule has 0 unspecified atom stereocenters. The zero-order valence-electron chi connectivity index (χ0n) is 24.9. The van der Waals surface area contributed by atoms with Crippen LogP contribution < -0.4 is 29.7 Å². The van der Waals surface area contributed by atoms with Crippen LogP contribution in [0.1, 0.15) is 29.7 Å². The van der Waals surface area contributed by atoms with Crippen molar-refractivity contribution in [1.29, 1.82) is 0 Å². The van der Waals surface area contributed by atoms with Crippen LogP contribution >= 0.6 is 11.3 Å². The molecule has 1 atom stereocenters. The highest BCUT2D eigenvalue weighted by Gasteiger charge is 2.32. The van der Waals surface area contributed by atoms with Crippen LogP contribution in [-0.2, 0) is 11.4 Å². The van der Waals surface area contributed by atoms with Gasteiger partial charge in [0.15, 0.2) is 4.80 Å². The van der Waals surface area contributed by atoms with Gasteiger partial charge in [-0.05, 0) is 78.2 Å². The summed E-state index contributed by atoms with van der Waals surface area (Å²) in [5.74, 6) is 0.867. The van der Waals surface area contributed by atoms with Crippen LogP contribution in [0.5, 0.6) is 11.5 Å². The predicted molar refractivity (Wildman–Crippen MR) is 176 cm³/mol. The first kappa shape index (κ1) is 30.2. The molecule has 1 aliphatic heterocycles. The Labute approximate surface area is 267 Å². The number of carbonyl (C=O) groups excluding carboxylic acids is 1. The Morgan fingerprint density at radius 1 is 1.00 bits per heavy atom. The number of methoxy groups -OCH3 is 1. The van der Waals surface area contributed by atoms with E-state index in [0.29, 0.717) is 43.4 Å². The van der Waals surface area contributed by atoms with Crippen molar-refractivity contribution in [2.45, 2.75) is 19.6 Å². The zero-order chi connectivity index (χ0) is 32.2. The van der Waals surface area contributed by atoms with Gasteiger partial charge in [0, 0.05) is 17.8 Å². The minimum absolute atomic E-state index is 0.0232. The summed E-state index contributed by atoms with van der Waals surface area (Å²) < 4.78 is 13.3. The van der Waals surface area contributed by atoms with Crippen molar-refractivity contribution in [1.82, 2.24) is 4.57 Å². The highest BCUT2D eigenvalue weighted by Crippen LogP contribution is 2.32. The SMILES string of the molecule is COc1cccc([C@H]2C(C(=O)Nc3ccccc3)=C(C)N=c3s/c(=C\c4ccc(OCc5ccc([N+](=O)[O-])cc5)cc4)c(=O)n32)c1. The number of nitro groups is 1. The second-order valence-corrected chi connectivity index (χ2v) is 11.5. The lowest BCUT2D eigenvalue weighted by Crippen LogP contribution is -2.40. The first-order valence-electron chi connectivity index (χ1n) is 14.3. The number of benzene rings is 4. The van der Waals surface area contributed by atoms with Crippen LogP contribution in [0.15, 0.2) is 124 Å². The van der Waals surface area contributed by atoms with Crippen molar-refractivity contribution in [3.8, 4) is 11.5 Å². The van der Waals surface area contributed by atoms with Gasteiger partial charge in [0.1, 0.15) is 18.1 Å². The maximum absolute atomic E-state index is 14.0. The highest BCUT2D eigenvalue weighted by molar-refractivity contribution is 7.07.